The number of hydrogen-bond donors (Lipinski definition) is 2. The summed E-state index contributed by atoms with van der Waals surface area (Å²) in [5.74, 6) is -1.68. The van der Waals surface area contributed by atoms with Crippen molar-refractivity contribution in [2.24, 2.45) is 0 Å². The number of para-hydroxylation sites is 1. The monoisotopic (exact) mass is 285 g/mol. The van der Waals surface area contributed by atoms with Crippen molar-refractivity contribution in [1.82, 2.24) is 0 Å². The number of benzene rings is 2. The van der Waals surface area contributed by atoms with E-state index in [1.165, 1.54) is 18.2 Å². The summed E-state index contributed by atoms with van der Waals surface area (Å²) < 4.78 is 13.2. The lowest BCUT2D eigenvalue weighted by molar-refractivity contribution is -0.133. The van der Waals surface area contributed by atoms with Gasteiger partial charge in [0.25, 0.3) is 5.91 Å². The highest BCUT2D eigenvalue weighted by molar-refractivity contribution is 6.09. The molecule has 1 heterocycles. The second-order valence-corrected chi connectivity index (χ2v) is 4.97. The third-order valence-corrected chi connectivity index (χ3v) is 3.56. The molecule has 21 heavy (non-hydrogen) atoms. The van der Waals surface area contributed by atoms with E-state index in [1.54, 1.807) is 24.3 Å². The molecule has 5 heteroatoms. The molecule has 1 atom stereocenters. The Morgan fingerprint density at radius 2 is 1.95 bits per heavy atom. The van der Waals surface area contributed by atoms with Crippen LogP contribution in [0.1, 0.15) is 22.3 Å². The normalized spacial score (nSPS) is 20.0. The Balaban J connectivity index is 1.94. The number of rotatable bonds is 3. The van der Waals surface area contributed by atoms with Gasteiger partial charge < -0.3 is 10.4 Å². The van der Waals surface area contributed by atoms with Crippen LogP contribution in [0.5, 0.6) is 0 Å². The molecule has 2 aromatic carbocycles. The summed E-state index contributed by atoms with van der Waals surface area (Å²) in [6, 6.07) is 11.8. The molecule has 0 spiro atoms. The first-order valence-electron chi connectivity index (χ1n) is 6.43. The standard InChI is InChI=1S/C16H12FNO3/c17-11-5-3-4-10(8-11)14(19)9-16(21)12-6-1-2-7-13(12)18-15(16)20/h1-8,21H,9H2,(H,18,20). The van der Waals surface area contributed by atoms with E-state index in [9.17, 15) is 19.1 Å². The van der Waals surface area contributed by atoms with Crippen molar-refractivity contribution < 1.29 is 19.1 Å². The Kier molecular flexibility index (Phi) is 3.07. The lowest BCUT2D eigenvalue weighted by Gasteiger charge is -2.19. The number of ketones is 1. The van der Waals surface area contributed by atoms with E-state index in [1.807, 2.05) is 0 Å². The predicted octanol–water partition coefficient (Wildman–Crippen LogP) is 2.24. The lowest BCUT2D eigenvalue weighted by Crippen LogP contribution is -2.36. The molecular formula is C16H12FNO3. The quantitative estimate of drug-likeness (QED) is 0.850. The van der Waals surface area contributed by atoms with Gasteiger partial charge in [-0.25, -0.2) is 4.39 Å². The Hall–Kier alpha value is -2.53. The molecule has 1 aliphatic heterocycles. The minimum Gasteiger partial charge on any atom is -0.375 e. The van der Waals surface area contributed by atoms with Gasteiger partial charge in [0, 0.05) is 16.8 Å². The van der Waals surface area contributed by atoms with Gasteiger partial charge in [0.1, 0.15) is 5.82 Å². The number of anilines is 1. The first-order valence-corrected chi connectivity index (χ1v) is 6.43. The molecule has 0 aromatic heterocycles. The maximum Gasteiger partial charge on any atom is 0.261 e. The molecule has 4 nitrogen and oxygen atoms in total. The van der Waals surface area contributed by atoms with E-state index in [-0.39, 0.29) is 5.56 Å². The maximum atomic E-state index is 13.2. The van der Waals surface area contributed by atoms with Gasteiger partial charge in [0.15, 0.2) is 11.4 Å². The third kappa shape index (κ3) is 2.21. The molecule has 106 valence electrons. The van der Waals surface area contributed by atoms with E-state index in [4.69, 9.17) is 0 Å². The second-order valence-electron chi connectivity index (χ2n) is 4.97. The number of carbonyl (C=O) groups excluding carboxylic acids is 2. The number of nitrogens with one attached hydrogen (secondary N) is 1. The molecule has 2 N–H and O–H groups in total. The first kappa shape index (κ1) is 13.5. The van der Waals surface area contributed by atoms with Crippen molar-refractivity contribution in [1.29, 1.82) is 0 Å². The summed E-state index contributed by atoms with van der Waals surface area (Å²) in [7, 11) is 0. The number of carbonyl (C=O) groups is 2. The highest BCUT2D eigenvalue weighted by atomic mass is 19.1. The molecule has 0 bridgehead atoms. The average molecular weight is 285 g/mol. The smallest absolute Gasteiger partial charge is 0.261 e. The highest BCUT2D eigenvalue weighted by Crippen LogP contribution is 2.38. The molecule has 3 rings (SSSR count). The Morgan fingerprint density at radius 1 is 1.19 bits per heavy atom. The molecule has 1 unspecified atom stereocenters. The first-order chi connectivity index (χ1) is 10.0. The van der Waals surface area contributed by atoms with Gasteiger partial charge in [-0.15, -0.1) is 0 Å². The van der Waals surface area contributed by atoms with Gasteiger partial charge in [-0.05, 0) is 18.2 Å². The van der Waals surface area contributed by atoms with Crippen molar-refractivity contribution in [3.8, 4) is 0 Å². The SMILES string of the molecule is O=C(CC1(O)C(=O)Nc2ccccc21)c1cccc(F)c1. The lowest BCUT2D eigenvalue weighted by atomic mass is 9.88. The van der Waals surface area contributed by atoms with Crippen molar-refractivity contribution in [3.63, 3.8) is 0 Å². The Labute approximate surface area is 120 Å². The number of aliphatic hydroxyl groups is 1. The van der Waals surface area contributed by atoms with Gasteiger partial charge in [0.2, 0.25) is 0 Å². The molecule has 1 aliphatic rings. The van der Waals surface area contributed by atoms with Gasteiger partial charge in [-0.3, -0.25) is 9.59 Å². The number of amides is 1. The minimum absolute atomic E-state index is 0.126. The summed E-state index contributed by atoms with van der Waals surface area (Å²) in [5, 5.41) is 13.1. The zero-order chi connectivity index (χ0) is 15.0. The van der Waals surface area contributed by atoms with Crippen LogP contribution in [0.4, 0.5) is 10.1 Å². The molecular weight excluding hydrogens is 273 g/mol. The van der Waals surface area contributed by atoms with Gasteiger partial charge in [-0.1, -0.05) is 30.3 Å². The van der Waals surface area contributed by atoms with Crippen molar-refractivity contribution in [3.05, 3.63) is 65.5 Å². The Bertz CT molecular complexity index is 744. The van der Waals surface area contributed by atoms with Crippen LogP contribution in [0, 0.1) is 5.82 Å². The van der Waals surface area contributed by atoms with E-state index >= 15 is 0 Å². The number of fused-ring (bicyclic) bond motifs is 1. The van der Waals surface area contributed by atoms with E-state index in [0.29, 0.717) is 11.3 Å². The second kappa shape index (κ2) is 4.79. The fraction of sp³-hybridized carbons (Fsp3) is 0.125. The molecule has 2 aromatic rings. The summed E-state index contributed by atoms with van der Waals surface area (Å²) in [5.41, 5.74) is -0.947. The van der Waals surface area contributed by atoms with E-state index < -0.39 is 29.5 Å². The summed E-state index contributed by atoms with van der Waals surface area (Å²) in [6.45, 7) is 0. The van der Waals surface area contributed by atoms with Crippen LogP contribution in [0.3, 0.4) is 0 Å². The predicted molar refractivity (Wildman–Crippen MR) is 74.3 cm³/mol. The number of halogens is 1. The summed E-state index contributed by atoms with van der Waals surface area (Å²) in [4.78, 5) is 24.2. The van der Waals surface area contributed by atoms with Crippen LogP contribution in [0.2, 0.25) is 0 Å². The van der Waals surface area contributed by atoms with Crippen molar-refractivity contribution in [2.45, 2.75) is 12.0 Å². The fourth-order valence-corrected chi connectivity index (χ4v) is 2.47. The van der Waals surface area contributed by atoms with E-state index in [2.05, 4.69) is 5.32 Å². The largest absolute Gasteiger partial charge is 0.375 e. The molecule has 0 saturated heterocycles. The van der Waals surface area contributed by atoms with Crippen LogP contribution < -0.4 is 5.32 Å². The minimum atomic E-state index is -1.92. The summed E-state index contributed by atoms with van der Waals surface area (Å²) >= 11 is 0. The molecule has 0 radical (unpaired) electrons. The third-order valence-electron chi connectivity index (χ3n) is 3.56. The van der Waals surface area contributed by atoms with Crippen LogP contribution >= 0.6 is 0 Å². The average Bonchev–Trinajstić information content (AvgIpc) is 2.71. The topological polar surface area (TPSA) is 66.4 Å². The Morgan fingerprint density at radius 3 is 2.71 bits per heavy atom. The van der Waals surface area contributed by atoms with Crippen LogP contribution in [0.15, 0.2) is 48.5 Å². The number of Topliss-reactive ketones (excluding diaryl/α,β-unsaturated/α-hetero) is 1. The molecule has 1 amide bonds. The van der Waals surface area contributed by atoms with Crippen molar-refractivity contribution >= 4 is 17.4 Å². The van der Waals surface area contributed by atoms with Gasteiger partial charge in [0.05, 0.1) is 6.42 Å². The molecule has 0 fully saturated rings. The van der Waals surface area contributed by atoms with Crippen LogP contribution in [-0.4, -0.2) is 16.8 Å². The highest BCUT2D eigenvalue weighted by Gasteiger charge is 2.46. The molecule has 0 saturated carbocycles. The maximum absolute atomic E-state index is 13.2. The van der Waals surface area contributed by atoms with Gasteiger partial charge in [-0.2, -0.15) is 0 Å². The van der Waals surface area contributed by atoms with Crippen molar-refractivity contribution in [2.75, 3.05) is 5.32 Å². The van der Waals surface area contributed by atoms with Crippen LogP contribution in [-0.2, 0) is 10.4 Å². The zero-order valence-electron chi connectivity index (χ0n) is 11.0. The molecule has 0 aliphatic carbocycles. The van der Waals surface area contributed by atoms with Crippen LogP contribution in [0.25, 0.3) is 0 Å². The number of hydrogen-bond acceptors (Lipinski definition) is 3. The van der Waals surface area contributed by atoms with Gasteiger partial charge >= 0.3 is 0 Å². The summed E-state index contributed by atoms with van der Waals surface area (Å²) in [6.07, 6.45) is -0.431. The van der Waals surface area contributed by atoms with E-state index in [0.717, 1.165) is 6.07 Å². The fourth-order valence-electron chi connectivity index (χ4n) is 2.47. The zero-order valence-corrected chi connectivity index (χ0v) is 11.0.